The summed E-state index contributed by atoms with van der Waals surface area (Å²) in [4.78, 5) is 27.9. The normalized spacial score (nSPS) is 19.7. The second-order valence-corrected chi connectivity index (χ2v) is 10.4. The average molecular weight is 468 g/mol. The molecule has 2 aliphatic rings. The van der Waals surface area contributed by atoms with Gasteiger partial charge in [0.15, 0.2) is 0 Å². The van der Waals surface area contributed by atoms with Gasteiger partial charge in [0.05, 0.1) is 24.2 Å². The van der Waals surface area contributed by atoms with Gasteiger partial charge in [-0.05, 0) is 37.0 Å². The van der Waals surface area contributed by atoms with Crippen LogP contribution in [-0.2, 0) is 24.3 Å². The van der Waals surface area contributed by atoms with E-state index in [1.807, 2.05) is 13.8 Å². The van der Waals surface area contributed by atoms with Crippen molar-refractivity contribution in [3.05, 3.63) is 29.8 Å². The number of sulfonamides is 1. The molecule has 178 valence electrons. The maximum absolute atomic E-state index is 13.1. The van der Waals surface area contributed by atoms with Gasteiger partial charge in [0.1, 0.15) is 6.04 Å². The molecule has 0 bridgehead atoms. The van der Waals surface area contributed by atoms with Crippen LogP contribution < -0.4 is 5.32 Å². The van der Waals surface area contributed by atoms with E-state index in [9.17, 15) is 18.0 Å². The Morgan fingerprint density at radius 1 is 1.12 bits per heavy atom. The largest absolute Gasteiger partial charge is 0.381 e. The fourth-order valence-electron chi connectivity index (χ4n) is 3.98. The Kier molecular flexibility index (Phi) is 8.26. The fraction of sp³-hybridized carbons (Fsp3) is 0.636. The van der Waals surface area contributed by atoms with Crippen LogP contribution in [0.3, 0.4) is 0 Å². The molecule has 0 aliphatic carbocycles. The van der Waals surface area contributed by atoms with Gasteiger partial charge in [0.2, 0.25) is 15.9 Å². The highest BCUT2D eigenvalue weighted by molar-refractivity contribution is 7.89. The van der Waals surface area contributed by atoms with E-state index in [0.717, 1.165) is 12.8 Å². The van der Waals surface area contributed by atoms with Gasteiger partial charge < -0.3 is 19.7 Å². The average Bonchev–Trinajstić information content (AvgIpc) is 2.82. The standard InChI is InChI=1S/C22H33N3O6S/c1-16(2)20(22(27)24-9-7-18(30-3)8-10-24)23-21(26)17-5-4-6-19(15-17)32(28,29)25-11-13-31-14-12-25/h4-6,15-16,18,20H,7-14H2,1-3H3,(H,23,26)/t20-/m0/s1. The van der Waals surface area contributed by atoms with E-state index in [0.29, 0.717) is 26.3 Å². The first-order valence-electron chi connectivity index (χ1n) is 11.0. The molecular weight excluding hydrogens is 434 g/mol. The second kappa shape index (κ2) is 10.7. The summed E-state index contributed by atoms with van der Waals surface area (Å²) in [5.41, 5.74) is 0.205. The molecule has 2 amide bonds. The number of methoxy groups -OCH3 is 1. The van der Waals surface area contributed by atoms with Gasteiger partial charge in [-0.3, -0.25) is 9.59 Å². The smallest absolute Gasteiger partial charge is 0.251 e. The molecule has 2 saturated heterocycles. The summed E-state index contributed by atoms with van der Waals surface area (Å²) in [5, 5.41) is 2.82. The molecule has 0 spiro atoms. The molecule has 1 aromatic rings. The van der Waals surface area contributed by atoms with Crippen LogP contribution in [0.5, 0.6) is 0 Å². The van der Waals surface area contributed by atoms with Crippen LogP contribution >= 0.6 is 0 Å². The molecule has 9 nitrogen and oxygen atoms in total. The zero-order valence-electron chi connectivity index (χ0n) is 19.0. The number of likely N-dealkylation sites (tertiary alicyclic amines) is 1. The van der Waals surface area contributed by atoms with Gasteiger partial charge in [0.25, 0.3) is 5.91 Å². The first-order valence-corrected chi connectivity index (χ1v) is 12.5. The molecule has 1 aromatic carbocycles. The Morgan fingerprint density at radius 3 is 2.38 bits per heavy atom. The van der Waals surface area contributed by atoms with Crippen LogP contribution in [0.4, 0.5) is 0 Å². The van der Waals surface area contributed by atoms with Crippen LogP contribution in [-0.4, -0.2) is 88.1 Å². The van der Waals surface area contributed by atoms with Crippen molar-refractivity contribution in [1.82, 2.24) is 14.5 Å². The minimum Gasteiger partial charge on any atom is -0.381 e. The van der Waals surface area contributed by atoms with Gasteiger partial charge in [-0.15, -0.1) is 0 Å². The van der Waals surface area contributed by atoms with Crippen molar-refractivity contribution in [1.29, 1.82) is 0 Å². The molecule has 0 radical (unpaired) electrons. The molecule has 2 aliphatic heterocycles. The Bertz CT molecular complexity index is 906. The van der Waals surface area contributed by atoms with Crippen LogP contribution in [0, 0.1) is 5.92 Å². The van der Waals surface area contributed by atoms with Gasteiger partial charge in [-0.2, -0.15) is 4.31 Å². The molecular formula is C22H33N3O6S. The number of hydrogen-bond donors (Lipinski definition) is 1. The van der Waals surface area contributed by atoms with Crippen LogP contribution in [0.2, 0.25) is 0 Å². The number of carbonyl (C=O) groups excluding carboxylic acids is 2. The molecule has 0 unspecified atom stereocenters. The molecule has 2 heterocycles. The third kappa shape index (κ3) is 5.67. The van der Waals surface area contributed by atoms with Crippen molar-refractivity contribution in [2.75, 3.05) is 46.5 Å². The molecule has 0 saturated carbocycles. The number of ether oxygens (including phenoxy) is 2. The number of hydrogen-bond acceptors (Lipinski definition) is 6. The number of amides is 2. The lowest BCUT2D eigenvalue weighted by Gasteiger charge is -2.35. The Labute approximate surface area is 190 Å². The second-order valence-electron chi connectivity index (χ2n) is 8.50. The quantitative estimate of drug-likeness (QED) is 0.644. The number of rotatable bonds is 7. The summed E-state index contributed by atoms with van der Waals surface area (Å²) in [6.45, 7) is 6.19. The minimum atomic E-state index is -3.72. The van der Waals surface area contributed by atoms with E-state index in [2.05, 4.69) is 5.32 Å². The number of piperidine rings is 1. The van der Waals surface area contributed by atoms with E-state index < -0.39 is 22.0 Å². The van der Waals surface area contributed by atoms with Crippen LogP contribution in [0.1, 0.15) is 37.0 Å². The molecule has 32 heavy (non-hydrogen) atoms. The number of nitrogens with zero attached hydrogens (tertiary/aromatic N) is 2. The summed E-state index contributed by atoms with van der Waals surface area (Å²) in [7, 11) is -2.04. The van der Waals surface area contributed by atoms with E-state index in [1.165, 1.54) is 16.4 Å². The Hall–Kier alpha value is -2.01. The summed E-state index contributed by atoms with van der Waals surface area (Å²) in [5.74, 6) is -0.713. The lowest BCUT2D eigenvalue weighted by atomic mass is 10.00. The Morgan fingerprint density at radius 2 is 1.78 bits per heavy atom. The van der Waals surface area contributed by atoms with Crippen molar-refractivity contribution in [2.24, 2.45) is 5.92 Å². The predicted molar refractivity (Wildman–Crippen MR) is 119 cm³/mol. The lowest BCUT2D eigenvalue weighted by Crippen LogP contribution is -2.53. The number of morpholine rings is 1. The number of nitrogens with one attached hydrogen (secondary N) is 1. The lowest BCUT2D eigenvalue weighted by molar-refractivity contribution is -0.136. The van der Waals surface area contributed by atoms with E-state index >= 15 is 0 Å². The number of carbonyl (C=O) groups is 2. The van der Waals surface area contributed by atoms with Crippen molar-refractivity contribution in [3.8, 4) is 0 Å². The van der Waals surface area contributed by atoms with Gasteiger partial charge >= 0.3 is 0 Å². The summed E-state index contributed by atoms with van der Waals surface area (Å²) < 4.78 is 37.8. The molecule has 2 fully saturated rings. The molecule has 0 aromatic heterocycles. The zero-order chi connectivity index (χ0) is 23.3. The van der Waals surface area contributed by atoms with Gasteiger partial charge in [0, 0.05) is 38.9 Å². The predicted octanol–water partition coefficient (Wildman–Crippen LogP) is 1.10. The van der Waals surface area contributed by atoms with Crippen molar-refractivity contribution < 1.29 is 27.5 Å². The molecule has 3 rings (SSSR count). The SMILES string of the molecule is COC1CCN(C(=O)[C@@H](NC(=O)c2cccc(S(=O)(=O)N3CCOCC3)c2)C(C)C)CC1. The highest BCUT2D eigenvalue weighted by Crippen LogP contribution is 2.20. The molecule has 1 N–H and O–H groups in total. The van der Waals surface area contributed by atoms with Crippen LogP contribution in [0.25, 0.3) is 0 Å². The first-order chi connectivity index (χ1) is 15.2. The van der Waals surface area contributed by atoms with E-state index in [4.69, 9.17) is 9.47 Å². The Balaban J connectivity index is 1.72. The highest BCUT2D eigenvalue weighted by Gasteiger charge is 2.32. The highest BCUT2D eigenvalue weighted by atomic mass is 32.2. The molecule has 1 atom stereocenters. The zero-order valence-corrected chi connectivity index (χ0v) is 19.8. The third-order valence-corrected chi connectivity index (χ3v) is 7.90. The maximum Gasteiger partial charge on any atom is 0.251 e. The van der Waals surface area contributed by atoms with Crippen molar-refractivity contribution in [2.45, 2.75) is 43.7 Å². The van der Waals surface area contributed by atoms with Gasteiger partial charge in [-0.25, -0.2) is 8.42 Å². The number of benzene rings is 1. The fourth-order valence-corrected chi connectivity index (χ4v) is 5.43. The minimum absolute atomic E-state index is 0.0566. The summed E-state index contributed by atoms with van der Waals surface area (Å²) in [6.07, 6.45) is 1.69. The van der Waals surface area contributed by atoms with E-state index in [1.54, 1.807) is 24.1 Å². The third-order valence-electron chi connectivity index (χ3n) is 6.01. The maximum atomic E-state index is 13.1. The van der Waals surface area contributed by atoms with Crippen molar-refractivity contribution >= 4 is 21.8 Å². The first kappa shape index (κ1) is 24.6. The monoisotopic (exact) mass is 467 g/mol. The summed E-state index contributed by atoms with van der Waals surface area (Å²) >= 11 is 0. The van der Waals surface area contributed by atoms with E-state index in [-0.39, 0.29) is 41.5 Å². The molecule has 10 heteroatoms. The van der Waals surface area contributed by atoms with Gasteiger partial charge in [-0.1, -0.05) is 19.9 Å². The topological polar surface area (TPSA) is 105 Å². The summed E-state index contributed by atoms with van der Waals surface area (Å²) in [6, 6.07) is 5.25. The van der Waals surface area contributed by atoms with Crippen molar-refractivity contribution in [3.63, 3.8) is 0 Å². The van der Waals surface area contributed by atoms with Crippen LogP contribution in [0.15, 0.2) is 29.2 Å².